The summed E-state index contributed by atoms with van der Waals surface area (Å²) >= 11 is 5.95. The highest BCUT2D eigenvalue weighted by molar-refractivity contribution is 6.34. The molecular weight excluding hydrogens is 292 g/mol. The number of amides is 1. The van der Waals surface area contributed by atoms with Gasteiger partial charge < -0.3 is 14.5 Å². The first kappa shape index (κ1) is 14.7. The topological polar surface area (TPSA) is 75.3 Å². The van der Waals surface area contributed by atoms with Gasteiger partial charge in [0.15, 0.2) is 0 Å². The van der Waals surface area contributed by atoms with E-state index in [0.29, 0.717) is 22.4 Å². The van der Waals surface area contributed by atoms with Crippen LogP contribution >= 0.6 is 11.6 Å². The minimum absolute atomic E-state index is 0.105. The molecule has 0 aliphatic rings. The molecule has 0 aliphatic heterocycles. The second-order valence-electron chi connectivity index (χ2n) is 3.96. The Morgan fingerprint density at radius 1 is 1.38 bits per heavy atom. The summed E-state index contributed by atoms with van der Waals surface area (Å²) in [7, 11) is 1.46. The molecule has 0 saturated carbocycles. The number of halogens is 1. The van der Waals surface area contributed by atoms with Gasteiger partial charge in [0.25, 0.3) is 11.9 Å². The van der Waals surface area contributed by atoms with E-state index < -0.39 is 5.91 Å². The molecule has 0 spiro atoms. The number of nitrogens with one attached hydrogen (secondary N) is 1. The van der Waals surface area contributed by atoms with Gasteiger partial charge in [-0.25, -0.2) is 0 Å². The highest BCUT2D eigenvalue weighted by Crippen LogP contribution is 2.22. The molecule has 0 atom stereocenters. The lowest BCUT2D eigenvalue weighted by molar-refractivity contribution is -0.112. The first-order valence-corrected chi connectivity index (χ1v) is 6.33. The third-order valence-electron chi connectivity index (χ3n) is 2.58. The Hall–Kier alpha value is -2.71. The largest absolute Gasteiger partial charge is 0.468 e. The lowest BCUT2D eigenvalue weighted by Gasteiger charge is -2.05. The SMILES string of the molecule is COc1ccc(/C=C(\C#N)C(=O)Nc2ccccc2Cl)o1. The fraction of sp³-hybridized carbons (Fsp3) is 0.0667. The summed E-state index contributed by atoms with van der Waals surface area (Å²) in [6.45, 7) is 0. The molecule has 6 heteroatoms. The van der Waals surface area contributed by atoms with Gasteiger partial charge in [-0.15, -0.1) is 0 Å². The van der Waals surface area contributed by atoms with Gasteiger partial charge in [-0.05, 0) is 18.2 Å². The average Bonchev–Trinajstić information content (AvgIpc) is 2.94. The van der Waals surface area contributed by atoms with Crippen molar-refractivity contribution in [2.45, 2.75) is 0 Å². The Bertz CT molecular complexity index is 729. The van der Waals surface area contributed by atoms with Gasteiger partial charge >= 0.3 is 0 Å². The van der Waals surface area contributed by atoms with Gasteiger partial charge in [0.2, 0.25) is 0 Å². The van der Waals surface area contributed by atoms with Gasteiger partial charge in [-0.3, -0.25) is 4.79 Å². The van der Waals surface area contributed by atoms with E-state index in [1.54, 1.807) is 36.4 Å². The van der Waals surface area contributed by atoms with Gasteiger partial charge in [-0.1, -0.05) is 23.7 Å². The summed E-state index contributed by atoms with van der Waals surface area (Å²) in [4.78, 5) is 12.0. The normalized spacial score (nSPS) is 10.8. The molecule has 0 bridgehead atoms. The maximum absolute atomic E-state index is 12.0. The van der Waals surface area contributed by atoms with Crippen molar-refractivity contribution in [2.75, 3.05) is 12.4 Å². The number of nitrogens with zero attached hydrogens (tertiary/aromatic N) is 1. The van der Waals surface area contributed by atoms with Crippen molar-refractivity contribution in [3.8, 4) is 12.0 Å². The van der Waals surface area contributed by atoms with Crippen molar-refractivity contribution < 1.29 is 13.9 Å². The van der Waals surface area contributed by atoms with E-state index in [9.17, 15) is 4.79 Å². The Kier molecular flexibility index (Phi) is 4.64. The van der Waals surface area contributed by atoms with Crippen LogP contribution in [0.1, 0.15) is 5.76 Å². The first-order chi connectivity index (χ1) is 10.1. The smallest absolute Gasteiger partial charge is 0.284 e. The van der Waals surface area contributed by atoms with Gasteiger partial charge in [0, 0.05) is 12.1 Å². The van der Waals surface area contributed by atoms with Crippen LogP contribution in [0.4, 0.5) is 5.69 Å². The predicted molar refractivity (Wildman–Crippen MR) is 78.9 cm³/mol. The summed E-state index contributed by atoms with van der Waals surface area (Å²) in [5, 5.41) is 12.0. The van der Waals surface area contributed by atoms with Crippen molar-refractivity contribution in [3.05, 3.63) is 52.8 Å². The van der Waals surface area contributed by atoms with Crippen molar-refractivity contribution in [1.29, 1.82) is 5.26 Å². The summed E-state index contributed by atoms with van der Waals surface area (Å²) < 4.78 is 10.1. The van der Waals surface area contributed by atoms with Gasteiger partial charge in [-0.2, -0.15) is 5.26 Å². The molecule has 0 radical (unpaired) electrons. The number of ether oxygens (including phenoxy) is 1. The molecule has 2 aromatic rings. The number of anilines is 1. The Morgan fingerprint density at radius 3 is 2.76 bits per heavy atom. The zero-order chi connectivity index (χ0) is 15.2. The molecule has 1 amide bonds. The summed E-state index contributed by atoms with van der Waals surface area (Å²) in [5.41, 5.74) is 0.328. The zero-order valence-corrected chi connectivity index (χ0v) is 11.8. The van der Waals surface area contributed by atoms with Crippen molar-refractivity contribution >= 4 is 29.3 Å². The Balaban J connectivity index is 2.19. The molecule has 0 unspecified atom stereocenters. The van der Waals surface area contributed by atoms with Crippen LogP contribution in [0.25, 0.3) is 6.08 Å². The summed E-state index contributed by atoms with van der Waals surface area (Å²) in [6, 6.07) is 11.8. The third kappa shape index (κ3) is 3.65. The molecule has 0 saturated heterocycles. The minimum Gasteiger partial charge on any atom is -0.468 e. The first-order valence-electron chi connectivity index (χ1n) is 5.95. The number of furan rings is 1. The van der Waals surface area contributed by atoms with Crippen LogP contribution in [0.3, 0.4) is 0 Å². The molecule has 5 nitrogen and oxygen atoms in total. The van der Waals surface area contributed by atoms with Gasteiger partial charge in [0.1, 0.15) is 17.4 Å². The quantitative estimate of drug-likeness (QED) is 0.693. The number of para-hydroxylation sites is 1. The third-order valence-corrected chi connectivity index (χ3v) is 2.91. The molecule has 1 aromatic heterocycles. The Morgan fingerprint density at radius 2 is 2.14 bits per heavy atom. The molecule has 1 N–H and O–H groups in total. The average molecular weight is 303 g/mol. The van der Waals surface area contributed by atoms with Crippen LogP contribution in [0.2, 0.25) is 5.02 Å². The zero-order valence-electron chi connectivity index (χ0n) is 11.1. The standard InChI is InChI=1S/C15H11ClN2O3/c1-20-14-7-6-11(21-14)8-10(9-17)15(19)18-13-5-3-2-4-12(13)16/h2-8H,1H3,(H,18,19)/b10-8+. The second-order valence-corrected chi connectivity index (χ2v) is 4.37. The number of benzene rings is 1. The van der Waals surface area contributed by atoms with Crippen molar-refractivity contribution in [1.82, 2.24) is 0 Å². The number of rotatable bonds is 4. The molecule has 106 valence electrons. The van der Waals surface area contributed by atoms with Crippen molar-refractivity contribution in [2.24, 2.45) is 0 Å². The summed E-state index contributed by atoms with van der Waals surface area (Å²) in [5.74, 6) is 0.0729. The van der Waals surface area contributed by atoms with Crippen LogP contribution in [-0.4, -0.2) is 13.0 Å². The molecule has 1 aromatic carbocycles. The molecule has 2 rings (SSSR count). The van der Waals surface area contributed by atoms with Gasteiger partial charge in [0.05, 0.1) is 17.8 Å². The molecular formula is C15H11ClN2O3. The maximum Gasteiger partial charge on any atom is 0.284 e. The molecule has 21 heavy (non-hydrogen) atoms. The fourth-order valence-electron chi connectivity index (χ4n) is 1.56. The Labute approximate surface area is 126 Å². The van der Waals surface area contributed by atoms with E-state index in [2.05, 4.69) is 5.32 Å². The molecule has 0 aliphatic carbocycles. The number of hydrogen-bond acceptors (Lipinski definition) is 4. The van der Waals surface area contributed by atoms with E-state index in [1.165, 1.54) is 13.2 Å². The summed E-state index contributed by atoms with van der Waals surface area (Å²) in [6.07, 6.45) is 1.33. The molecule has 1 heterocycles. The van der Waals surface area contributed by atoms with Crippen molar-refractivity contribution in [3.63, 3.8) is 0 Å². The monoisotopic (exact) mass is 302 g/mol. The number of carbonyl (C=O) groups excluding carboxylic acids is 1. The lowest BCUT2D eigenvalue weighted by atomic mass is 10.2. The van der Waals surface area contributed by atoms with E-state index in [1.807, 2.05) is 6.07 Å². The maximum atomic E-state index is 12.0. The lowest BCUT2D eigenvalue weighted by Crippen LogP contribution is -2.13. The predicted octanol–water partition coefficient (Wildman–Crippen LogP) is 3.49. The van der Waals surface area contributed by atoms with Crippen LogP contribution in [0.5, 0.6) is 5.95 Å². The number of carbonyl (C=O) groups is 1. The second kappa shape index (κ2) is 6.64. The van der Waals surface area contributed by atoms with Crippen LogP contribution < -0.4 is 10.1 Å². The van der Waals surface area contributed by atoms with E-state index >= 15 is 0 Å². The highest BCUT2D eigenvalue weighted by atomic mass is 35.5. The highest BCUT2D eigenvalue weighted by Gasteiger charge is 2.12. The van der Waals surface area contributed by atoms with E-state index in [-0.39, 0.29) is 5.57 Å². The minimum atomic E-state index is -0.569. The molecule has 0 fully saturated rings. The number of hydrogen-bond donors (Lipinski definition) is 1. The number of methoxy groups -OCH3 is 1. The van der Waals surface area contributed by atoms with E-state index in [4.69, 9.17) is 26.0 Å². The van der Waals surface area contributed by atoms with Crippen LogP contribution in [0.15, 0.2) is 46.4 Å². The van der Waals surface area contributed by atoms with E-state index in [0.717, 1.165) is 0 Å². The van der Waals surface area contributed by atoms with Crippen LogP contribution in [0, 0.1) is 11.3 Å². The van der Waals surface area contributed by atoms with Crippen LogP contribution in [-0.2, 0) is 4.79 Å². The fourth-order valence-corrected chi connectivity index (χ4v) is 1.75. The number of nitriles is 1.